The smallest absolute Gasteiger partial charge is 0.141 e. The van der Waals surface area contributed by atoms with Crippen LogP contribution in [0.3, 0.4) is 0 Å². The maximum atomic E-state index is 5.31. The molecule has 0 unspecified atom stereocenters. The zero-order valence-corrected chi connectivity index (χ0v) is 10.8. The van der Waals surface area contributed by atoms with Crippen molar-refractivity contribution in [3.05, 3.63) is 26.5 Å². The first-order chi connectivity index (χ1) is 6.22. The van der Waals surface area contributed by atoms with E-state index in [0.717, 1.165) is 19.4 Å². The Hall–Kier alpha value is -0.0600. The number of ether oxygens (including phenoxy) is 1. The highest BCUT2D eigenvalue weighted by Crippen LogP contribution is 2.39. The Morgan fingerprint density at radius 2 is 2.08 bits per heavy atom. The lowest BCUT2D eigenvalue weighted by molar-refractivity contribution is 0.417. The van der Waals surface area contributed by atoms with Crippen molar-refractivity contribution in [2.24, 2.45) is 0 Å². The lowest BCUT2D eigenvalue weighted by atomic mass is 10.2. The number of thiophene rings is 1. The third-order valence-electron chi connectivity index (χ3n) is 1.78. The lowest BCUT2D eigenvalue weighted by Crippen LogP contribution is -1.83. The van der Waals surface area contributed by atoms with Crippen molar-refractivity contribution in [1.82, 2.24) is 0 Å². The number of halogens is 2. The first-order valence-electron chi connectivity index (χ1n) is 3.64. The summed E-state index contributed by atoms with van der Waals surface area (Å²) in [6.45, 7) is 0. The van der Waals surface area contributed by atoms with Crippen LogP contribution in [-0.2, 0) is 0 Å². The van der Waals surface area contributed by atoms with E-state index in [1.165, 1.54) is 4.70 Å². The van der Waals surface area contributed by atoms with Crippen LogP contribution in [-0.4, -0.2) is 7.11 Å². The van der Waals surface area contributed by atoms with Crippen LogP contribution in [0.15, 0.2) is 26.5 Å². The Labute approximate surface area is 97.0 Å². The molecule has 1 aromatic heterocycles. The number of hydrogen-bond donors (Lipinski definition) is 0. The van der Waals surface area contributed by atoms with Gasteiger partial charge in [-0.3, -0.25) is 0 Å². The van der Waals surface area contributed by atoms with E-state index in [1.54, 1.807) is 18.4 Å². The van der Waals surface area contributed by atoms with Crippen molar-refractivity contribution in [1.29, 1.82) is 0 Å². The first kappa shape index (κ1) is 9.49. The molecule has 1 heterocycles. The molecule has 0 fully saturated rings. The molecule has 0 atom stereocenters. The molecular formula is C9H6Br2OS. The van der Waals surface area contributed by atoms with Gasteiger partial charge in [0.15, 0.2) is 0 Å². The quantitative estimate of drug-likeness (QED) is 0.754. The van der Waals surface area contributed by atoms with E-state index in [-0.39, 0.29) is 0 Å². The summed E-state index contributed by atoms with van der Waals surface area (Å²) in [5.41, 5.74) is 0. The summed E-state index contributed by atoms with van der Waals surface area (Å²) >= 11 is 8.62. The monoisotopic (exact) mass is 320 g/mol. The number of benzene rings is 1. The summed E-state index contributed by atoms with van der Waals surface area (Å²) in [6, 6.07) is 6.16. The van der Waals surface area contributed by atoms with Crippen molar-refractivity contribution >= 4 is 53.3 Å². The van der Waals surface area contributed by atoms with Crippen LogP contribution in [0.25, 0.3) is 10.1 Å². The van der Waals surface area contributed by atoms with E-state index < -0.39 is 0 Å². The fourth-order valence-corrected chi connectivity index (χ4v) is 3.28. The fraction of sp³-hybridized carbons (Fsp3) is 0.111. The molecule has 0 aliphatic heterocycles. The molecule has 0 N–H and O–H groups in total. The van der Waals surface area contributed by atoms with Gasteiger partial charge in [0.2, 0.25) is 0 Å². The number of fused-ring (bicyclic) bond motifs is 1. The molecular weight excluding hydrogens is 316 g/mol. The van der Waals surface area contributed by atoms with Gasteiger partial charge >= 0.3 is 0 Å². The molecule has 0 saturated carbocycles. The minimum absolute atomic E-state index is 0.902. The van der Waals surface area contributed by atoms with Gasteiger partial charge in [-0.2, -0.15) is 0 Å². The molecule has 1 aromatic carbocycles. The zero-order chi connectivity index (χ0) is 9.42. The minimum atomic E-state index is 0.902. The molecule has 4 heteroatoms. The Kier molecular flexibility index (Phi) is 2.62. The Bertz CT molecular complexity index is 450. The van der Waals surface area contributed by atoms with Crippen LogP contribution in [0.1, 0.15) is 0 Å². The number of methoxy groups -OCH3 is 1. The van der Waals surface area contributed by atoms with Gasteiger partial charge in [0.25, 0.3) is 0 Å². The lowest BCUT2D eigenvalue weighted by Gasteiger charge is -2.03. The van der Waals surface area contributed by atoms with Gasteiger partial charge in [0.1, 0.15) is 5.75 Å². The van der Waals surface area contributed by atoms with E-state index in [4.69, 9.17) is 4.74 Å². The molecule has 0 aliphatic rings. The second-order valence-corrected chi connectivity index (χ2v) is 5.86. The van der Waals surface area contributed by atoms with Gasteiger partial charge in [-0.1, -0.05) is 0 Å². The molecule has 13 heavy (non-hydrogen) atoms. The maximum absolute atomic E-state index is 5.31. The average Bonchev–Trinajstić information content (AvgIpc) is 2.45. The predicted octanol–water partition coefficient (Wildman–Crippen LogP) is 4.43. The molecule has 0 bridgehead atoms. The highest BCUT2D eigenvalue weighted by molar-refractivity contribution is 9.11. The van der Waals surface area contributed by atoms with Crippen LogP contribution >= 0.6 is 43.2 Å². The van der Waals surface area contributed by atoms with Gasteiger partial charge in [-0.25, -0.2) is 0 Å². The van der Waals surface area contributed by atoms with E-state index >= 15 is 0 Å². The van der Waals surface area contributed by atoms with Crippen molar-refractivity contribution < 1.29 is 4.74 Å². The minimum Gasteiger partial charge on any atom is -0.495 e. The van der Waals surface area contributed by atoms with Crippen LogP contribution in [0, 0.1) is 0 Å². The van der Waals surface area contributed by atoms with Gasteiger partial charge < -0.3 is 4.74 Å². The second-order valence-electron chi connectivity index (χ2n) is 2.54. The fourth-order valence-electron chi connectivity index (χ4n) is 1.24. The molecule has 2 aromatic rings. The van der Waals surface area contributed by atoms with E-state index in [1.807, 2.05) is 6.07 Å². The Balaban J connectivity index is 2.82. The number of rotatable bonds is 1. The van der Waals surface area contributed by atoms with E-state index in [0.29, 0.717) is 0 Å². The number of hydrogen-bond acceptors (Lipinski definition) is 2. The molecule has 0 spiro atoms. The Morgan fingerprint density at radius 1 is 1.31 bits per heavy atom. The molecule has 68 valence electrons. The summed E-state index contributed by atoms with van der Waals surface area (Å²) in [5.74, 6) is 0.902. The summed E-state index contributed by atoms with van der Waals surface area (Å²) in [7, 11) is 1.69. The van der Waals surface area contributed by atoms with Gasteiger partial charge in [0.05, 0.1) is 15.4 Å². The molecule has 1 nitrogen and oxygen atoms in total. The summed E-state index contributed by atoms with van der Waals surface area (Å²) in [6.07, 6.45) is 0. The first-order valence-corrected chi connectivity index (χ1v) is 6.04. The van der Waals surface area contributed by atoms with Gasteiger partial charge in [0, 0.05) is 10.1 Å². The predicted molar refractivity (Wildman–Crippen MR) is 63.8 cm³/mol. The Morgan fingerprint density at radius 3 is 2.77 bits per heavy atom. The zero-order valence-electron chi connectivity index (χ0n) is 6.80. The molecule has 0 radical (unpaired) electrons. The van der Waals surface area contributed by atoms with E-state index in [9.17, 15) is 0 Å². The summed E-state index contributed by atoms with van der Waals surface area (Å²) in [5, 5.41) is 1.15. The highest BCUT2D eigenvalue weighted by atomic mass is 79.9. The van der Waals surface area contributed by atoms with Gasteiger partial charge in [-0.05, 0) is 50.1 Å². The van der Waals surface area contributed by atoms with Crippen LogP contribution < -0.4 is 4.74 Å². The average molecular weight is 322 g/mol. The van der Waals surface area contributed by atoms with Crippen LogP contribution in [0.2, 0.25) is 0 Å². The largest absolute Gasteiger partial charge is 0.495 e. The molecule has 0 aliphatic carbocycles. The third-order valence-corrected chi connectivity index (χ3v) is 4.01. The normalized spacial score (nSPS) is 10.7. The van der Waals surface area contributed by atoms with Crippen LogP contribution in [0.4, 0.5) is 0 Å². The summed E-state index contributed by atoms with van der Waals surface area (Å²) in [4.78, 5) is 0. The van der Waals surface area contributed by atoms with Crippen LogP contribution in [0.5, 0.6) is 5.75 Å². The highest BCUT2D eigenvalue weighted by Gasteiger charge is 2.08. The van der Waals surface area contributed by atoms with Crippen molar-refractivity contribution in [2.75, 3.05) is 7.11 Å². The standard InChI is InChI=1S/C9H6Br2OS/c1-12-9-5-4-8(11)13-7(5)3-2-6(9)10/h2-4H,1H3. The maximum Gasteiger partial charge on any atom is 0.141 e. The topological polar surface area (TPSA) is 9.23 Å². The SMILES string of the molecule is COc1c(Br)ccc2sc(Br)cc12. The second kappa shape index (κ2) is 3.59. The third kappa shape index (κ3) is 1.63. The summed E-state index contributed by atoms with van der Waals surface area (Å²) < 4.78 is 8.66. The van der Waals surface area contributed by atoms with E-state index in [2.05, 4.69) is 44.0 Å². The molecule has 0 saturated heterocycles. The van der Waals surface area contributed by atoms with Gasteiger partial charge in [-0.15, -0.1) is 11.3 Å². The molecule has 2 rings (SSSR count). The molecule has 0 amide bonds. The van der Waals surface area contributed by atoms with Crippen molar-refractivity contribution in [2.45, 2.75) is 0 Å². The van der Waals surface area contributed by atoms with Crippen molar-refractivity contribution in [3.8, 4) is 5.75 Å². The van der Waals surface area contributed by atoms with Crippen molar-refractivity contribution in [3.63, 3.8) is 0 Å².